The van der Waals surface area contributed by atoms with Crippen LogP contribution in [0.3, 0.4) is 0 Å². The van der Waals surface area contributed by atoms with E-state index < -0.39 is 5.89 Å². The van der Waals surface area contributed by atoms with E-state index in [1.54, 1.807) is 0 Å². The molecule has 126 valence electrons. The first-order valence-electron chi connectivity index (χ1n) is 9.91. The molecule has 1 aromatic heterocycles. The zero-order chi connectivity index (χ0) is 19.5. The van der Waals surface area contributed by atoms with Crippen LogP contribution in [0.4, 0.5) is 0 Å². The number of nitrogens with zero attached hydrogens (tertiary/aromatic N) is 2. The van der Waals surface area contributed by atoms with Crippen LogP contribution in [0.2, 0.25) is 0 Å². The number of fused-ring (bicyclic) bond motifs is 3. The molecule has 1 unspecified atom stereocenters. The van der Waals surface area contributed by atoms with Gasteiger partial charge in [0, 0.05) is 13.9 Å². The minimum Gasteiger partial charge on any atom is -0.199 e. The topological polar surface area (TPSA) is 8.81 Å². The van der Waals surface area contributed by atoms with E-state index >= 15 is 0 Å². The molecule has 0 fully saturated rings. The summed E-state index contributed by atoms with van der Waals surface area (Å²) in [5, 5.41) is 0. The summed E-state index contributed by atoms with van der Waals surface area (Å²) in [7, 11) is 0. The molecule has 1 atom stereocenters. The fraction of sp³-hybridized carbons (Fsp3) is 0.125. The van der Waals surface area contributed by atoms with Crippen molar-refractivity contribution >= 4 is 0 Å². The first-order chi connectivity index (χ1) is 13.5. The second kappa shape index (κ2) is 5.70. The molecule has 0 amide bonds. The van der Waals surface area contributed by atoms with Crippen molar-refractivity contribution in [1.82, 2.24) is 4.57 Å². The quantitative estimate of drug-likeness (QED) is 0.461. The maximum absolute atomic E-state index is 9.63. The number of para-hydroxylation sites is 2. The van der Waals surface area contributed by atoms with Gasteiger partial charge in [0.15, 0.2) is 7.06 Å². The molecule has 0 spiro atoms. The second-order valence-corrected chi connectivity index (χ2v) is 6.75. The number of rotatable bonds is 2. The lowest BCUT2D eigenvalue weighted by Gasteiger charge is -2.11. The SMILES string of the molecule is [2H]c1n2c(c(C)[n+]1-c1ccccc1C)C([2H])(c1ccccc1)c1ccccc1-2. The van der Waals surface area contributed by atoms with E-state index in [1.165, 1.54) is 0 Å². The summed E-state index contributed by atoms with van der Waals surface area (Å²) in [6, 6.07) is 26.0. The normalized spacial score (nSPS) is 18.8. The van der Waals surface area contributed by atoms with Crippen LogP contribution in [0.1, 0.15) is 36.7 Å². The average Bonchev–Trinajstić information content (AvgIpc) is 3.15. The smallest absolute Gasteiger partial charge is 0.199 e. The molecule has 2 nitrogen and oxygen atoms in total. The standard InChI is InChI=1S/C24H21N2/c1-17-10-6-8-14-21(17)25-16-26-22-15-9-7-13-20(22)23(24(26)18(25)2)19-11-4-3-5-12-19/h3-16,23H,1-2H3/q+1/i16D,23D. The van der Waals surface area contributed by atoms with Crippen LogP contribution < -0.4 is 4.57 Å². The molecule has 26 heavy (non-hydrogen) atoms. The zero-order valence-electron chi connectivity index (χ0n) is 16.9. The lowest BCUT2D eigenvalue weighted by molar-refractivity contribution is -0.602. The van der Waals surface area contributed by atoms with E-state index in [2.05, 4.69) is 13.0 Å². The number of imidazole rings is 1. The van der Waals surface area contributed by atoms with E-state index in [-0.39, 0.29) is 0 Å². The zero-order valence-corrected chi connectivity index (χ0v) is 14.9. The highest BCUT2D eigenvalue weighted by atomic mass is 15.2. The highest BCUT2D eigenvalue weighted by Gasteiger charge is 2.39. The Morgan fingerprint density at radius 2 is 1.58 bits per heavy atom. The largest absolute Gasteiger partial charge is 0.254 e. The first kappa shape index (κ1) is 13.1. The molecule has 0 saturated carbocycles. The van der Waals surface area contributed by atoms with Gasteiger partial charge in [-0.1, -0.05) is 66.7 Å². The van der Waals surface area contributed by atoms with Gasteiger partial charge in [0.2, 0.25) is 0 Å². The van der Waals surface area contributed by atoms with Crippen LogP contribution in [0.5, 0.6) is 0 Å². The summed E-state index contributed by atoms with van der Waals surface area (Å²) in [6.45, 7) is 4.08. The maximum Gasteiger partial charge on any atom is 0.254 e. The molecule has 0 aliphatic carbocycles. The molecular weight excluding hydrogens is 316 g/mol. The van der Waals surface area contributed by atoms with Crippen molar-refractivity contribution in [3.8, 4) is 11.4 Å². The van der Waals surface area contributed by atoms with Gasteiger partial charge in [-0.2, -0.15) is 9.13 Å². The fourth-order valence-electron chi connectivity index (χ4n) is 3.91. The van der Waals surface area contributed by atoms with E-state index in [9.17, 15) is 1.37 Å². The van der Waals surface area contributed by atoms with Crippen molar-refractivity contribution in [2.45, 2.75) is 19.7 Å². The van der Waals surface area contributed by atoms with Crippen molar-refractivity contribution in [1.29, 1.82) is 0 Å². The minimum absolute atomic E-state index is 0.374. The third-order valence-corrected chi connectivity index (χ3v) is 5.17. The molecule has 0 radical (unpaired) electrons. The molecule has 1 aliphatic heterocycles. The van der Waals surface area contributed by atoms with E-state index in [4.69, 9.17) is 1.37 Å². The van der Waals surface area contributed by atoms with Gasteiger partial charge in [0.1, 0.15) is 17.1 Å². The second-order valence-electron chi connectivity index (χ2n) is 6.75. The van der Waals surface area contributed by atoms with Crippen LogP contribution >= 0.6 is 0 Å². The molecule has 0 saturated heterocycles. The molecule has 0 bridgehead atoms. The first-order valence-corrected chi connectivity index (χ1v) is 8.91. The van der Waals surface area contributed by atoms with E-state index in [0.29, 0.717) is 6.30 Å². The van der Waals surface area contributed by atoms with Crippen molar-refractivity contribution in [2.24, 2.45) is 0 Å². The van der Waals surface area contributed by atoms with E-state index in [0.717, 1.165) is 39.5 Å². The molecule has 1 aliphatic rings. The Bertz CT molecular complexity index is 1210. The van der Waals surface area contributed by atoms with Gasteiger partial charge in [-0.05, 0) is 30.2 Å². The summed E-state index contributed by atoms with van der Waals surface area (Å²) in [4.78, 5) is 0. The van der Waals surface area contributed by atoms with Gasteiger partial charge < -0.3 is 0 Å². The fourth-order valence-corrected chi connectivity index (χ4v) is 3.91. The van der Waals surface area contributed by atoms with Gasteiger partial charge >= 0.3 is 0 Å². The summed E-state index contributed by atoms with van der Waals surface area (Å²) in [5.41, 5.74) is 6.61. The monoisotopic (exact) mass is 339 g/mol. The van der Waals surface area contributed by atoms with Crippen LogP contribution in [-0.4, -0.2) is 4.57 Å². The molecule has 4 aromatic rings. The lowest BCUT2D eigenvalue weighted by atomic mass is 9.89. The molecule has 2 heterocycles. The van der Waals surface area contributed by atoms with Gasteiger partial charge in [0.25, 0.3) is 6.30 Å². The number of hydrogen-bond acceptors (Lipinski definition) is 0. The average molecular weight is 339 g/mol. The number of aryl methyl sites for hydroxylation is 1. The molecular formula is C24H21N2+. The summed E-state index contributed by atoms with van der Waals surface area (Å²) in [6.07, 6.45) is 0.374. The molecule has 2 heteroatoms. The minimum atomic E-state index is -1.05. The van der Waals surface area contributed by atoms with Crippen molar-refractivity contribution in [3.05, 3.63) is 113 Å². The molecule has 0 N–H and O–H groups in total. The Hall–Kier alpha value is -3.13. The predicted molar refractivity (Wildman–Crippen MR) is 104 cm³/mol. The van der Waals surface area contributed by atoms with Crippen LogP contribution in [0, 0.1) is 13.8 Å². The Morgan fingerprint density at radius 1 is 0.885 bits per heavy atom. The van der Waals surface area contributed by atoms with Gasteiger partial charge in [0.05, 0.1) is 5.89 Å². The van der Waals surface area contributed by atoms with Crippen LogP contribution in [0.15, 0.2) is 85.2 Å². The summed E-state index contributed by atoms with van der Waals surface area (Å²) >= 11 is 0. The van der Waals surface area contributed by atoms with Crippen LogP contribution in [-0.2, 0) is 0 Å². The van der Waals surface area contributed by atoms with Gasteiger partial charge in [-0.3, -0.25) is 0 Å². The number of hydrogen-bond donors (Lipinski definition) is 0. The third-order valence-electron chi connectivity index (χ3n) is 5.17. The van der Waals surface area contributed by atoms with Crippen LogP contribution in [0.25, 0.3) is 11.4 Å². The maximum atomic E-state index is 9.63. The highest BCUT2D eigenvalue weighted by Crippen LogP contribution is 2.42. The summed E-state index contributed by atoms with van der Waals surface area (Å²) in [5.74, 6) is -1.05. The molecule has 5 rings (SSSR count). The molecule has 3 aromatic carbocycles. The Morgan fingerprint density at radius 3 is 2.38 bits per heavy atom. The van der Waals surface area contributed by atoms with E-state index in [1.807, 2.05) is 88.9 Å². The number of aromatic nitrogens is 2. The highest BCUT2D eigenvalue weighted by molar-refractivity contribution is 5.58. The predicted octanol–water partition coefficient (Wildman–Crippen LogP) is 4.86. The van der Waals surface area contributed by atoms with Crippen molar-refractivity contribution in [3.63, 3.8) is 0 Å². The summed E-state index contributed by atoms with van der Waals surface area (Å²) < 4.78 is 22.5. The van der Waals surface area contributed by atoms with Crippen molar-refractivity contribution in [2.75, 3.05) is 0 Å². The van der Waals surface area contributed by atoms with Crippen molar-refractivity contribution < 1.29 is 7.31 Å². The third kappa shape index (κ3) is 2.08. The van der Waals surface area contributed by atoms with Gasteiger partial charge in [-0.15, -0.1) is 0 Å². The number of benzene rings is 3. The lowest BCUT2D eigenvalue weighted by Crippen LogP contribution is -2.33. The Labute approximate surface area is 156 Å². The Balaban J connectivity index is 1.90. The van der Waals surface area contributed by atoms with Gasteiger partial charge in [-0.25, -0.2) is 0 Å². The Kier molecular flexibility index (Phi) is 2.88.